The molecule has 0 aliphatic carbocycles. The van der Waals surface area contributed by atoms with E-state index >= 15 is 0 Å². The Morgan fingerprint density at radius 3 is 2.60 bits per heavy atom. The number of carbonyl (C=O) groups excluding carboxylic acids is 1. The lowest BCUT2D eigenvalue weighted by Gasteiger charge is -2.32. The summed E-state index contributed by atoms with van der Waals surface area (Å²) in [5, 5.41) is 1.77. The van der Waals surface area contributed by atoms with Crippen LogP contribution in [0.1, 0.15) is 10.5 Å². The Labute approximate surface area is 127 Å². The average Bonchev–Trinajstić information content (AvgIpc) is 2.88. The molecule has 0 atom stereocenters. The van der Waals surface area contributed by atoms with Crippen molar-refractivity contribution in [2.45, 2.75) is 0 Å². The summed E-state index contributed by atoms with van der Waals surface area (Å²) in [5.41, 5.74) is 1.39. The second kappa shape index (κ2) is 5.28. The number of hydrogen-bond donors (Lipinski definition) is 1. The highest BCUT2D eigenvalue weighted by atomic mass is 35.5. The van der Waals surface area contributed by atoms with Crippen LogP contribution >= 0.6 is 23.2 Å². The fourth-order valence-corrected chi connectivity index (χ4v) is 2.82. The van der Waals surface area contributed by atoms with E-state index in [1.165, 1.54) is 0 Å². The molecular weight excluding hydrogens is 297 g/mol. The van der Waals surface area contributed by atoms with E-state index in [1.54, 1.807) is 12.1 Å². The minimum atomic E-state index is 0.0153. The van der Waals surface area contributed by atoms with E-state index in [9.17, 15) is 4.79 Å². The van der Waals surface area contributed by atoms with E-state index in [4.69, 9.17) is 23.2 Å². The standard InChI is InChI=1S/C14H15Cl2N3O/c1-18-4-6-19(7-5-18)14(20)12-8-9-11(17-12)3-2-10(15)13(9)16/h2-3,8,17H,4-7H2,1H3. The zero-order chi connectivity index (χ0) is 14.3. The second-order valence-electron chi connectivity index (χ2n) is 5.10. The molecule has 2 aromatic rings. The molecule has 1 N–H and O–H groups in total. The number of nitrogens with zero attached hydrogens (tertiary/aromatic N) is 2. The third-order valence-electron chi connectivity index (χ3n) is 3.71. The number of hydrogen-bond acceptors (Lipinski definition) is 2. The summed E-state index contributed by atoms with van der Waals surface area (Å²) in [4.78, 5) is 19.7. The zero-order valence-corrected chi connectivity index (χ0v) is 12.6. The summed E-state index contributed by atoms with van der Waals surface area (Å²) in [6, 6.07) is 5.35. The van der Waals surface area contributed by atoms with E-state index in [-0.39, 0.29) is 5.91 Å². The number of aromatic amines is 1. The van der Waals surface area contributed by atoms with E-state index in [0.717, 1.165) is 37.1 Å². The van der Waals surface area contributed by atoms with Gasteiger partial charge in [-0.2, -0.15) is 0 Å². The van der Waals surface area contributed by atoms with Crippen LogP contribution in [0.5, 0.6) is 0 Å². The highest BCUT2D eigenvalue weighted by Crippen LogP contribution is 2.31. The Kier molecular flexibility index (Phi) is 3.63. The number of fused-ring (bicyclic) bond motifs is 1. The summed E-state index contributed by atoms with van der Waals surface area (Å²) in [6.45, 7) is 3.30. The van der Waals surface area contributed by atoms with E-state index in [0.29, 0.717) is 15.7 Å². The van der Waals surface area contributed by atoms with Gasteiger partial charge in [0.1, 0.15) is 5.69 Å². The van der Waals surface area contributed by atoms with Crippen molar-refractivity contribution in [3.05, 3.63) is 33.9 Å². The van der Waals surface area contributed by atoms with Gasteiger partial charge in [0.15, 0.2) is 0 Å². The van der Waals surface area contributed by atoms with Crippen molar-refractivity contribution in [2.75, 3.05) is 33.2 Å². The maximum atomic E-state index is 12.5. The molecule has 3 rings (SSSR count). The van der Waals surface area contributed by atoms with Crippen LogP contribution in [0.4, 0.5) is 0 Å². The molecule has 106 valence electrons. The van der Waals surface area contributed by atoms with Gasteiger partial charge in [0, 0.05) is 37.1 Å². The molecule has 6 heteroatoms. The Bertz CT molecular complexity index is 660. The van der Waals surface area contributed by atoms with Gasteiger partial charge in [0.2, 0.25) is 0 Å². The SMILES string of the molecule is CN1CCN(C(=O)c2cc3c(Cl)c(Cl)ccc3[nH]2)CC1. The van der Waals surface area contributed by atoms with Gasteiger partial charge in [0.25, 0.3) is 5.91 Å². The molecule has 1 aromatic carbocycles. The maximum absolute atomic E-state index is 12.5. The van der Waals surface area contributed by atoms with Gasteiger partial charge in [-0.1, -0.05) is 23.2 Å². The summed E-state index contributed by atoms with van der Waals surface area (Å²) in [5.74, 6) is 0.0153. The lowest BCUT2D eigenvalue weighted by molar-refractivity contribution is 0.0659. The number of aromatic nitrogens is 1. The molecule has 0 bridgehead atoms. The van der Waals surface area contributed by atoms with Gasteiger partial charge < -0.3 is 14.8 Å². The molecule has 1 saturated heterocycles. The lowest BCUT2D eigenvalue weighted by Crippen LogP contribution is -2.47. The lowest BCUT2D eigenvalue weighted by atomic mass is 10.2. The van der Waals surface area contributed by atoms with E-state index in [2.05, 4.69) is 16.9 Å². The molecule has 20 heavy (non-hydrogen) atoms. The molecule has 1 aliphatic heterocycles. The smallest absolute Gasteiger partial charge is 0.270 e. The molecule has 1 amide bonds. The number of carbonyl (C=O) groups is 1. The first-order valence-corrected chi connectivity index (χ1v) is 7.26. The van der Waals surface area contributed by atoms with Crippen LogP contribution in [-0.4, -0.2) is 53.9 Å². The first-order chi connectivity index (χ1) is 9.56. The van der Waals surface area contributed by atoms with E-state index in [1.807, 2.05) is 11.0 Å². The molecule has 4 nitrogen and oxygen atoms in total. The largest absolute Gasteiger partial charge is 0.350 e. The van der Waals surface area contributed by atoms with Crippen LogP contribution in [0.3, 0.4) is 0 Å². The first-order valence-electron chi connectivity index (χ1n) is 6.51. The number of benzene rings is 1. The maximum Gasteiger partial charge on any atom is 0.270 e. The van der Waals surface area contributed by atoms with Crippen molar-refractivity contribution >= 4 is 40.0 Å². The van der Waals surface area contributed by atoms with Crippen molar-refractivity contribution in [1.29, 1.82) is 0 Å². The highest BCUT2D eigenvalue weighted by molar-refractivity contribution is 6.45. The van der Waals surface area contributed by atoms with Crippen LogP contribution < -0.4 is 0 Å². The minimum absolute atomic E-state index is 0.0153. The number of nitrogens with one attached hydrogen (secondary N) is 1. The topological polar surface area (TPSA) is 39.3 Å². The van der Waals surface area contributed by atoms with Gasteiger partial charge in [-0.25, -0.2) is 0 Å². The number of H-pyrrole nitrogens is 1. The summed E-state index contributed by atoms with van der Waals surface area (Å²) in [6.07, 6.45) is 0. The molecule has 0 unspecified atom stereocenters. The fourth-order valence-electron chi connectivity index (χ4n) is 2.44. The third kappa shape index (κ3) is 2.39. The quantitative estimate of drug-likeness (QED) is 0.879. The highest BCUT2D eigenvalue weighted by Gasteiger charge is 2.22. The number of halogens is 2. The number of piperazine rings is 1. The predicted molar refractivity (Wildman–Crippen MR) is 81.7 cm³/mol. The summed E-state index contributed by atoms with van der Waals surface area (Å²) in [7, 11) is 2.06. The van der Waals surface area contributed by atoms with Crippen molar-refractivity contribution in [2.24, 2.45) is 0 Å². The summed E-state index contributed by atoms with van der Waals surface area (Å²) >= 11 is 12.2. The second-order valence-corrected chi connectivity index (χ2v) is 5.89. The Morgan fingerprint density at radius 2 is 1.90 bits per heavy atom. The van der Waals surface area contributed by atoms with Crippen LogP contribution in [0, 0.1) is 0 Å². The first kappa shape index (κ1) is 13.7. The molecule has 1 aliphatic rings. The van der Waals surface area contributed by atoms with Crippen LogP contribution in [-0.2, 0) is 0 Å². The molecule has 0 radical (unpaired) electrons. The Balaban J connectivity index is 1.90. The van der Waals surface area contributed by atoms with Gasteiger partial charge in [0.05, 0.1) is 10.0 Å². The van der Waals surface area contributed by atoms with Crippen molar-refractivity contribution < 1.29 is 4.79 Å². The van der Waals surface area contributed by atoms with Gasteiger partial charge in [-0.15, -0.1) is 0 Å². The number of rotatable bonds is 1. The molecule has 1 fully saturated rings. The van der Waals surface area contributed by atoms with Crippen molar-refractivity contribution in [3.8, 4) is 0 Å². The van der Waals surface area contributed by atoms with Crippen LogP contribution in [0.2, 0.25) is 10.0 Å². The fraction of sp³-hybridized carbons (Fsp3) is 0.357. The summed E-state index contributed by atoms with van der Waals surface area (Å²) < 4.78 is 0. The molecule has 0 spiro atoms. The third-order valence-corrected chi connectivity index (χ3v) is 4.53. The van der Waals surface area contributed by atoms with Gasteiger partial charge >= 0.3 is 0 Å². The molecule has 1 aromatic heterocycles. The zero-order valence-electron chi connectivity index (χ0n) is 11.1. The monoisotopic (exact) mass is 311 g/mol. The Morgan fingerprint density at radius 1 is 1.20 bits per heavy atom. The van der Waals surface area contributed by atoms with Crippen LogP contribution in [0.15, 0.2) is 18.2 Å². The predicted octanol–water partition coefficient (Wildman–Crippen LogP) is 2.86. The Hall–Kier alpha value is -1.23. The molecule has 2 heterocycles. The molecular formula is C14H15Cl2N3O. The molecule has 0 saturated carbocycles. The average molecular weight is 312 g/mol. The van der Waals surface area contributed by atoms with E-state index < -0.39 is 0 Å². The van der Waals surface area contributed by atoms with Crippen molar-refractivity contribution in [1.82, 2.24) is 14.8 Å². The van der Waals surface area contributed by atoms with Crippen molar-refractivity contribution in [3.63, 3.8) is 0 Å². The van der Waals surface area contributed by atoms with Gasteiger partial charge in [-0.05, 0) is 25.2 Å². The number of amides is 1. The van der Waals surface area contributed by atoms with Crippen LogP contribution in [0.25, 0.3) is 10.9 Å². The number of likely N-dealkylation sites (N-methyl/N-ethyl adjacent to an activating group) is 1. The normalized spacial score (nSPS) is 16.9. The van der Waals surface area contributed by atoms with Gasteiger partial charge in [-0.3, -0.25) is 4.79 Å². The minimum Gasteiger partial charge on any atom is -0.350 e.